The Morgan fingerprint density at radius 1 is 1.09 bits per heavy atom. The van der Waals surface area contributed by atoms with Crippen LogP contribution in [0.15, 0.2) is 47.4 Å². The zero-order chi connectivity index (χ0) is 15.9. The maximum atomic E-state index is 13.0. The van der Waals surface area contributed by atoms with Crippen LogP contribution in [0.1, 0.15) is 5.56 Å². The number of amides is 1. The summed E-state index contributed by atoms with van der Waals surface area (Å²) in [6.07, 6.45) is 2.02. The quantitative estimate of drug-likeness (QED) is 0.782. The van der Waals surface area contributed by atoms with Gasteiger partial charge in [0.05, 0.1) is 5.75 Å². The molecule has 0 radical (unpaired) electrons. The van der Waals surface area contributed by atoms with Crippen LogP contribution in [0.25, 0.3) is 0 Å². The van der Waals surface area contributed by atoms with E-state index in [1.54, 1.807) is 11.8 Å². The summed E-state index contributed by atoms with van der Waals surface area (Å²) in [5, 5.41) is 2.54. The van der Waals surface area contributed by atoms with Crippen LogP contribution >= 0.6 is 23.5 Å². The van der Waals surface area contributed by atoms with Gasteiger partial charge >= 0.3 is 0 Å². The van der Waals surface area contributed by atoms with E-state index in [0.29, 0.717) is 0 Å². The molecule has 2 rings (SSSR count). The molecule has 0 fully saturated rings. The van der Waals surface area contributed by atoms with Gasteiger partial charge in [0, 0.05) is 22.4 Å². The van der Waals surface area contributed by atoms with Crippen molar-refractivity contribution in [2.75, 3.05) is 17.3 Å². The standard InChI is InChI=1S/C16H15F2NOS2/c1-21-13-5-2-11(3-6-13)9-22-10-16(20)19-12-4-7-14(17)15(18)8-12/h2-8H,9-10H2,1H3,(H,19,20). The van der Waals surface area contributed by atoms with Crippen molar-refractivity contribution in [2.24, 2.45) is 0 Å². The number of anilines is 1. The average Bonchev–Trinajstić information content (AvgIpc) is 2.51. The van der Waals surface area contributed by atoms with Crippen molar-refractivity contribution in [1.29, 1.82) is 0 Å². The van der Waals surface area contributed by atoms with Gasteiger partial charge < -0.3 is 5.32 Å². The Hall–Kier alpha value is -1.53. The van der Waals surface area contributed by atoms with Gasteiger partial charge in [0.2, 0.25) is 5.91 Å². The molecule has 0 saturated heterocycles. The van der Waals surface area contributed by atoms with Gasteiger partial charge in [-0.15, -0.1) is 23.5 Å². The fourth-order valence-electron chi connectivity index (χ4n) is 1.75. The minimum absolute atomic E-state index is 0.239. The number of nitrogens with one attached hydrogen (secondary N) is 1. The lowest BCUT2D eigenvalue weighted by Crippen LogP contribution is -2.14. The molecular formula is C16H15F2NOS2. The second kappa shape index (κ2) is 8.19. The largest absolute Gasteiger partial charge is 0.325 e. The monoisotopic (exact) mass is 339 g/mol. The number of carbonyl (C=O) groups is 1. The van der Waals surface area contributed by atoms with E-state index in [1.165, 1.54) is 22.7 Å². The van der Waals surface area contributed by atoms with Crippen LogP contribution in [-0.4, -0.2) is 17.9 Å². The van der Waals surface area contributed by atoms with Gasteiger partial charge in [-0.2, -0.15) is 0 Å². The second-order valence-corrected chi connectivity index (χ2v) is 6.38. The molecule has 0 heterocycles. The summed E-state index contributed by atoms with van der Waals surface area (Å²) in [5.74, 6) is -1.17. The third-order valence-electron chi connectivity index (χ3n) is 2.86. The fourth-order valence-corrected chi connectivity index (χ4v) is 2.95. The van der Waals surface area contributed by atoms with Crippen molar-refractivity contribution < 1.29 is 13.6 Å². The van der Waals surface area contributed by atoms with Crippen LogP contribution < -0.4 is 5.32 Å². The molecule has 0 atom stereocenters. The lowest BCUT2D eigenvalue weighted by Gasteiger charge is -2.06. The van der Waals surface area contributed by atoms with Gasteiger partial charge in [0.15, 0.2) is 11.6 Å². The number of carbonyl (C=O) groups excluding carboxylic acids is 1. The Morgan fingerprint density at radius 3 is 2.45 bits per heavy atom. The summed E-state index contributed by atoms with van der Waals surface area (Å²) in [4.78, 5) is 12.9. The van der Waals surface area contributed by atoms with Gasteiger partial charge in [-0.05, 0) is 36.1 Å². The molecule has 0 aromatic heterocycles. The Kier molecular flexibility index (Phi) is 6.27. The number of hydrogen-bond donors (Lipinski definition) is 1. The minimum atomic E-state index is -0.973. The Labute approximate surface area is 136 Å². The van der Waals surface area contributed by atoms with Gasteiger partial charge in [-0.3, -0.25) is 4.79 Å². The SMILES string of the molecule is CSc1ccc(CSCC(=O)Nc2ccc(F)c(F)c2)cc1. The number of hydrogen-bond acceptors (Lipinski definition) is 3. The van der Waals surface area contributed by atoms with Crippen molar-refractivity contribution in [3.8, 4) is 0 Å². The lowest BCUT2D eigenvalue weighted by atomic mass is 10.2. The molecule has 0 aliphatic rings. The first-order valence-corrected chi connectivity index (χ1v) is 8.92. The fraction of sp³-hybridized carbons (Fsp3) is 0.188. The molecule has 6 heteroatoms. The number of thioether (sulfide) groups is 2. The highest BCUT2D eigenvalue weighted by Gasteiger charge is 2.06. The molecule has 2 aromatic carbocycles. The molecule has 1 amide bonds. The van der Waals surface area contributed by atoms with Gasteiger partial charge in [-0.1, -0.05) is 12.1 Å². The van der Waals surface area contributed by atoms with Crippen molar-refractivity contribution in [1.82, 2.24) is 0 Å². The van der Waals surface area contributed by atoms with E-state index in [-0.39, 0.29) is 17.3 Å². The third kappa shape index (κ3) is 5.03. The van der Waals surface area contributed by atoms with E-state index in [1.807, 2.05) is 30.5 Å². The molecular weight excluding hydrogens is 324 g/mol. The maximum Gasteiger partial charge on any atom is 0.234 e. The highest BCUT2D eigenvalue weighted by atomic mass is 32.2. The van der Waals surface area contributed by atoms with Crippen molar-refractivity contribution >= 4 is 35.1 Å². The maximum absolute atomic E-state index is 13.0. The zero-order valence-corrected chi connectivity index (χ0v) is 13.6. The number of rotatable bonds is 6. The van der Waals surface area contributed by atoms with Crippen molar-refractivity contribution in [3.63, 3.8) is 0 Å². The van der Waals surface area contributed by atoms with Gasteiger partial charge in [0.25, 0.3) is 0 Å². The second-order valence-electron chi connectivity index (χ2n) is 4.52. The Balaban J connectivity index is 1.78. The summed E-state index contributed by atoms with van der Waals surface area (Å²) in [7, 11) is 0. The van der Waals surface area contributed by atoms with Crippen molar-refractivity contribution in [2.45, 2.75) is 10.6 Å². The first-order valence-electron chi connectivity index (χ1n) is 6.54. The van der Waals surface area contributed by atoms with Crippen LogP contribution in [0, 0.1) is 11.6 Å². The van der Waals surface area contributed by atoms with Crippen LogP contribution in [0.4, 0.5) is 14.5 Å². The summed E-state index contributed by atoms with van der Waals surface area (Å²) >= 11 is 3.15. The Bertz CT molecular complexity index is 647. The summed E-state index contributed by atoms with van der Waals surface area (Å²) in [5.41, 5.74) is 1.40. The molecule has 0 saturated carbocycles. The van der Waals surface area contributed by atoms with E-state index in [9.17, 15) is 13.6 Å². The molecule has 116 valence electrons. The first-order chi connectivity index (χ1) is 10.6. The predicted octanol–water partition coefficient (Wildman–Crippen LogP) is 4.56. The third-order valence-corrected chi connectivity index (χ3v) is 4.61. The summed E-state index contributed by atoms with van der Waals surface area (Å²) < 4.78 is 25.8. The van der Waals surface area contributed by atoms with E-state index in [4.69, 9.17) is 0 Å². The smallest absolute Gasteiger partial charge is 0.234 e. The van der Waals surface area contributed by atoms with Crippen LogP contribution in [-0.2, 0) is 10.5 Å². The highest BCUT2D eigenvalue weighted by Crippen LogP contribution is 2.19. The molecule has 0 spiro atoms. The zero-order valence-electron chi connectivity index (χ0n) is 11.9. The number of halogens is 2. The van der Waals surface area contributed by atoms with Gasteiger partial charge in [-0.25, -0.2) is 8.78 Å². The highest BCUT2D eigenvalue weighted by molar-refractivity contribution is 7.99. The van der Waals surface area contributed by atoms with E-state index >= 15 is 0 Å². The van der Waals surface area contributed by atoms with E-state index < -0.39 is 11.6 Å². The molecule has 0 aliphatic heterocycles. The molecule has 2 aromatic rings. The summed E-state index contributed by atoms with van der Waals surface area (Å²) in [6.45, 7) is 0. The minimum Gasteiger partial charge on any atom is -0.325 e. The number of benzene rings is 2. The normalized spacial score (nSPS) is 10.5. The first kappa shape index (κ1) is 16.8. The molecule has 0 unspecified atom stereocenters. The molecule has 1 N–H and O–H groups in total. The van der Waals surface area contributed by atoms with Gasteiger partial charge in [0.1, 0.15) is 0 Å². The van der Waals surface area contributed by atoms with E-state index in [0.717, 1.165) is 23.4 Å². The molecule has 0 bridgehead atoms. The summed E-state index contributed by atoms with van der Waals surface area (Å²) in [6, 6.07) is 11.5. The van der Waals surface area contributed by atoms with Crippen LogP contribution in [0.3, 0.4) is 0 Å². The van der Waals surface area contributed by atoms with Crippen LogP contribution in [0.5, 0.6) is 0 Å². The molecule has 22 heavy (non-hydrogen) atoms. The molecule has 0 aliphatic carbocycles. The Morgan fingerprint density at radius 2 is 1.82 bits per heavy atom. The van der Waals surface area contributed by atoms with Crippen molar-refractivity contribution in [3.05, 3.63) is 59.7 Å². The predicted molar refractivity (Wildman–Crippen MR) is 89.4 cm³/mol. The lowest BCUT2D eigenvalue weighted by molar-refractivity contribution is -0.113. The van der Waals surface area contributed by atoms with Crippen LogP contribution in [0.2, 0.25) is 0 Å². The average molecular weight is 339 g/mol. The molecule has 2 nitrogen and oxygen atoms in total. The topological polar surface area (TPSA) is 29.1 Å². The van der Waals surface area contributed by atoms with E-state index in [2.05, 4.69) is 5.32 Å².